The molecule has 0 radical (unpaired) electrons. The Morgan fingerprint density at radius 3 is 2.68 bits per heavy atom. The second kappa shape index (κ2) is 8.94. The standard InChI is InChI=1S/C19H24N6/c1-2-10-20-18-16-21-23-19(22-18)25-14-12-24(13-15-25)11-6-9-17-7-4-3-5-8-17/h2-9,16H,1,10-15H2,(H,20,22,23)/b9-6+. The van der Waals surface area contributed by atoms with Gasteiger partial charge in [0.15, 0.2) is 5.82 Å². The maximum Gasteiger partial charge on any atom is 0.247 e. The molecule has 2 aromatic rings. The molecule has 25 heavy (non-hydrogen) atoms. The lowest BCUT2D eigenvalue weighted by Gasteiger charge is -2.33. The van der Waals surface area contributed by atoms with E-state index < -0.39 is 0 Å². The van der Waals surface area contributed by atoms with Crippen LogP contribution in [-0.4, -0.2) is 59.3 Å². The fourth-order valence-corrected chi connectivity index (χ4v) is 2.72. The average Bonchev–Trinajstić information content (AvgIpc) is 2.68. The number of rotatable bonds is 7. The molecular formula is C19H24N6. The number of benzene rings is 1. The van der Waals surface area contributed by atoms with Gasteiger partial charge in [0.25, 0.3) is 0 Å². The lowest BCUT2D eigenvalue weighted by molar-refractivity contribution is 0.282. The molecular weight excluding hydrogens is 312 g/mol. The Morgan fingerprint density at radius 1 is 1.12 bits per heavy atom. The summed E-state index contributed by atoms with van der Waals surface area (Å²) in [6.45, 7) is 9.12. The monoisotopic (exact) mass is 336 g/mol. The van der Waals surface area contributed by atoms with Crippen LogP contribution in [0.3, 0.4) is 0 Å². The lowest BCUT2D eigenvalue weighted by Crippen LogP contribution is -2.47. The van der Waals surface area contributed by atoms with Crippen molar-refractivity contribution in [3.05, 3.63) is 60.8 Å². The van der Waals surface area contributed by atoms with Gasteiger partial charge in [0.1, 0.15) is 0 Å². The van der Waals surface area contributed by atoms with E-state index in [0.29, 0.717) is 12.5 Å². The second-order valence-electron chi connectivity index (χ2n) is 5.91. The molecule has 0 amide bonds. The molecule has 0 saturated carbocycles. The molecule has 0 bridgehead atoms. The number of aromatic nitrogens is 3. The number of nitrogens with zero attached hydrogens (tertiary/aromatic N) is 5. The maximum atomic E-state index is 4.52. The molecule has 3 rings (SSSR count). The smallest absolute Gasteiger partial charge is 0.247 e. The van der Waals surface area contributed by atoms with Crippen molar-refractivity contribution in [2.24, 2.45) is 0 Å². The number of nitrogens with one attached hydrogen (secondary N) is 1. The van der Waals surface area contributed by atoms with Crippen LogP contribution in [0, 0.1) is 0 Å². The third-order valence-electron chi connectivity index (χ3n) is 4.10. The van der Waals surface area contributed by atoms with Crippen molar-refractivity contribution in [3.8, 4) is 0 Å². The average molecular weight is 336 g/mol. The summed E-state index contributed by atoms with van der Waals surface area (Å²) in [5, 5.41) is 11.4. The summed E-state index contributed by atoms with van der Waals surface area (Å²) in [5.74, 6) is 1.42. The molecule has 1 saturated heterocycles. The van der Waals surface area contributed by atoms with Gasteiger partial charge in [0.05, 0.1) is 6.20 Å². The molecule has 0 unspecified atom stereocenters. The Labute approximate surface area is 148 Å². The van der Waals surface area contributed by atoms with Crippen molar-refractivity contribution in [2.45, 2.75) is 0 Å². The maximum absolute atomic E-state index is 4.52. The van der Waals surface area contributed by atoms with Crippen molar-refractivity contribution in [3.63, 3.8) is 0 Å². The molecule has 1 aromatic heterocycles. The van der Waals surface area contributed by atoms with Crippen LogP contribution in [0.15, 0.2) is 55.3 Å². The minimum absolute atomic E-state index is 0.666. The highest BCUT2D eigenvalue weighted by Crippen LogP contribution is 2.12. The van der Waals surface area contributed by atoms with E-state index in [2.05, 4.69) is 73.3 Å². The predicted molar refractivity (Wildman–Crippen MR) is 103 cm³/mol. The van der Waals surface area contributed by atoms with Gasteiger partial charge in [0.2, 0.25) is 5.95 Å². The van der Waals surface area contributed by atoms with E-state index in [4.69, 9.17) is 0 Å². The molecule has 6 nitrogen and oxygen atoms in total. The molecule has 2 heterocycles. The van der Waals surface area contributed by atoms with Gasteiger partial charge in [-0.05, 0) is 5.56 Å². The zero-order chi connectivity index (χ0) is 17.3. The van der Waals surface area contributed by atoms with E-state index in [1.54, 1.807) is 12.3 Å². The van der Waals surface area contributed by atoms with Crippen LogP contribution in [0.1, 0.15) is 5.56 Å². The van der Waals surface area contributed by atoms with Crippen LogP contribution in [-0.2, 0) is 0 Å². The summed E-state index contributed by atoms with van der Waals surface area (Å²) in [4.78, 5) is 9.14. The number of piperazine rings is 1. The van der Waals surface area contributed by atoms with Gasteiger partial charge in [-0.25, -0.2) is 0 Å². The zero-order valence-electron chi connectivity index (χ0n) is 14.4. The number of hydrogen-bond acceptors (Lipinski definition) is 6. The highest BCUT2D eigenvalue weighted by atomic mass is 15.4. The first-order valence-electron chi connectivity index (χ1n) is 8.58. The van der Waals surface area contributed by atoms with E-state index in [0.717, 1.165) is 38.5 Å². The van der Waals surface area contributed by atoms with Gasteiger partial charge in [-0.2, -0.15) is 10.1 Å². The van der Waals surface area contributed by atoms with Crippen molar-refractivity contribution in [2.75, 3.05) is 49.5 Å². The Morgan fingerprint density at radius 2 is 1.92 bits per heavy atom. The lowest BCUT2D eigenvalue weighted by atomic mass is 10.2. The molecule has 1 aliphatic rings. The minimum atomic E-state index is 0.666. The van der Waals surface area contributed by atoms with E-state index >= 15 is 0 Å². The van der Waals surface area contributed by atoms with Gasteiger partial charge in [-0.1, -0.05) is 48.6 Å². The van der Waals surface area contributed by atoms with E-state index in [-0.39, 0.29) is 0 Å². The van der Waals surface area contributed by atoms with E-state index in [9.17, 15) is 0 Å². The first-order chi connectivity index (χ1) is 12.3. The van der Waals surface area contributed by atoms with Crippen molar-refractivity contribution in [1.82, 2.24) is 20.1 Å². The summed E-state index contributed by atoms with van der Waals surface area (Å²) in [6.07, 6.45) is 7.83. The van der Waals surface area contributed by atoms with Crippen LogP contribution in [0.2, 0.25) is 0 Å². The highest BCUT2D eigenvalue weighted by Gasteiger charge is 2.18. The van der Waals surface area contributed by atoms with Gasteiger partial charge in [-0.3, -0.25) is 4.90 Å². The first-order valence-corrected chi connectivity index (χ1v) is 8.58. The van der Waals surface area contributed by atoms with Crippen molar-refractivity contribution >= 4 is 17.8 Å². The topological polar surface area (TPSA) is 57.2 Å². The van der Waals surface area contributed by atoms with Gasteiger partial charge >= 0.3 is 0 Å². The fourth-order valence-electron chi connectivity index (χ4n) is 2.72. The number of anilines is 2. The van der Waals surface area contributed by atoms with Crippen LogP contribution < -0.4 is 10.2 Å². The van der Waals surface area contributed by atoms with E-state index in [1.165, 1.54) is 5.56 Å². The highest BCUT2D eigenvalue weighted by molar-refractivity contribution is 5.48. The normalized spacial score (nSPS) is 15.4. The van der Waals surface area contributed by atoms with Crippen LogP contribution >= 0.6 is 0 Å². The zero-order valence-corrected chi connectivity index (χ0v) is 14.4. The SMILES string of the molecule is C=CCNc1cnnc(N2CCN(C/C=C/c3ccccc3)CC2)n1. The van der Waals surface area contributed by atoms with Crippen LogP contribution in [0.4, 0.5) is 11.8 Å². The first kappa shape index (κ1) is 17.1. The third kappa shape index (κ3) is 5.12. The molecule has 1 N–H and O–H groups in total. The summed E-state index contributed by atoms with van der Waals surface area (Å²) in [7, 11) is 0. The fraction of sp³-hybridized carbons (Fsp3) is 0.316. The van der Waals surface area contributed by atoms with Crippen molar-refractivity contribution < 1.29 is 0 Å². The molecule has 0 aliphatic carbocycles. The van der Waals surface area contributed by atoms with Gasteiger partial charge in [-0.15, -0.1) is 11.7 Å². The second-order valence-corrected chi connectivity index (χ2v) is 5.91. The molecule has 1 aliphatic heterocycles. The van der Waals surface area contributed by atoms with Gasteiger partial charge in [0, 0.05) is 39.3 Å². The molecule has 6 heteroatoms. The van der Waals surface area contributed by atoms with Crippen molar-refractivity contribution in [1.29, 1.82) is 0 Å². The third-order valence-corrected chi connectivity index (χ3v) is 4.10. The summed E-state index contributed by atoms with van der Waals surface area (Å²) in [5.41, 5.74) is 1.24. The largest absolute Gasteiger partial charge is 0.365 e. The number of hydrogen-bond donors (Lipinski definition) is 1. The quantitative estimate of drug-likeness (QED) is 0.783. The van der Waals surface area contributed by atoms with Crippen LogP contribution in [0.25, 0.3) is 6.08 Å². The summed E-state index contributed by atoms with van der Waals surface area (Å²) >= 11 is 0. The minimum Gasteiger partial charge on any atom is -0.365 e. The Balaban J connectivity index is 1.48. The molecule has 0 atom stereocenters. The predicted octanol–water partition coefficient (Wildman–Crippen LogP) is 2.30. The van der Waals surface area contributed by atoms with E-state index in [1.807, 2.05) is 6.07 Å². The molecule has 130 valence electrons. The van der Waals surface area contributed by atoms with Crippen LogP contribution in [0.5, 0.6) is 0 Å². The molecule has 1 fully saturated rings. The Kier molecular flexibility index (Phi) is 6.11. The summed E-state index contributed by atoms with van der Waals surface area (Å²) in [6, 6.07) is 10.4. The van der Waals surface area contributed by atoms with Gasteiger partial charge < -0.3 is 10.2 Å². The Bertz CT molecular complexity index is 692. The molecule has 1 aromatic carbocycles. The molecule has 0 spiro atoms. The Hall–Kier alpha value is -2.73. The summed E-state index contributed by atoms with van der Waals surface area (Å²) < 4.78 is 0.